The number of aromatic carboxylic acids is 1. The standard InChI is InChI=1S/C14H19NO4S2/c1-20-14(7-2-3-8-14)10-15-21(18,19)12-6-4-5-11(9-12)13(16)17/h4-6,9,15H,2-3,7-8,10H2,1H3,(H,16,17). The smallest absolute Gasteiger partial charge is 0.335 e. The van der Waals surface area contributed by atoms with Crippen molar-refractivity contribution in [1.29, 1.82) is 0 Å². The van der Waals surface area contributed by atoms with Crippen LogP contribution in [0.5, 0.6) is 0 Å². The van der Waals surface area contributed by atoms with E-state index < -0.39 is 16.0 Å². The molecular formula is C14H19NO4S2. The third-order valence-corrected chi connectivity index (χ3v) is 6.74. The first-order chi connectivity index (χ1) is 9.88. The van der Waals surface area contributed by atoms with Gasteiger partial charge in [-0.1, -0.05) is 18.9 Å². The van der Waals surface area contributed by atoms with Gasteiger partial charge in [-0.2, -0.15) is 11.8 Å². The van der Waals surface area contributed by atoms with Crippen molar-refractivity contribution in [2.45, 2.75) is 35.3 Å². The van der Waals surface area contributed by atoms with Crippen LogP contribution in [0.2, 0.25) is 0 Å². The Balaban J connectivity index is 2.15. The first-order valence-corrected chi connectivity index (χ1v) is 9.48. The highest BCUT2D eigenvalue weighted by Gasteiger charge is 2.34. The average Bonchev–Trinajstić information content (AvgIpc) is 2.95. The lowest BCUT2D eigenvalue weighted by atomic mass is 10.1. The van der Waals surface area contributed by atoms with E-state index in [0.29, 0.717) is 6.54 Å². The molecule has 0 saturated heterocycles. The van der Waals surface area contributed by atoms with Gasteiger partial charge in [0.1, 0.15) is 0 Å². The number of benzene rings is 1. The van der Waals surface area contributed by atoms with Gasteiger partial charge in [0.15, 0.2) is 0 Å². The van der Waals surface area contributed by atoms with Crippen LogP contribution in [-0.4, -0.2) is 37.0 Å². The van der Waals surface area contributed by atoms with Crippen LogP contribution in [0, 0.1) is 0 Å². The van der Waals surface area contributed by atoms with Gasteiger partial charge in [0.25, 0.3) is 0 Å². The molecule has 0 heterocycles. The van der Waals surface area contributed by atoms with Crippen LogP contribution < -0.4 is 4.72 Å². The van der Waals surface area contributed by atoms with Gasteiger partial charge in [0.05, 0.1) is 10.5 Å². The summed E-state index contributed by atoms with van der Waals surface area (Å²) in [7, 11) is -3.68. The Bertz CT molecular complexity index is 622. The highest BCUT2D eigenvalue weighted by atomic mass is 32.2. The number of carboxylic acid groups (broad SMARTS) is 1. The first-order valence-electron chi connectivity index (χ1n) is 6.77. The molecule has 0 aromatic heterocycles. The van der Waals surface area contributed by atoms with Gasteiger partial charge in [-0.05, 0) is 37.3 Å². The zero-order valence-electron chi connectivity index (χ0n) is 11.8. The molecule has 1 aliphatic rings. The van der Waals surface area contributed by atoms with E-state index >= 15 is 0 Å². The molecule has 1 fully saturated rings. The van der Waals surface area contributed by atoms with Crippen molar-refractivity contribution in [1.82, 2.24) is 4.72 Å². The number of thioether (sulfide) groups is 1. The molecule has 0 bridgehead atoms. The highest BCUT2D eigenvalue weighted by Crippen LogP contribution is 2.39. The fourth-order valence-electron chi connectivity index (χ4n) is 2.58. The van der Waals surface area contributed by atoms with Gasteiger partial charge in [-0.3, -0.25) is 0 Å². The minimum atomic E-state index is -3.68. The van der Waals surface area contributed by atoms with Crippen LogP contribution in [0.25, 0.3) is 0 Å². The van der Waals surface area contributed by atoms with E-state index in [-0.39, 0.29) is 15.2 Å². The molecule has 0 aliphatic heterocycles. The second-order valence-electron chi connectivity index (χ2n) is 5.25. The fourth-order valence-corrected chi connectivity index (χ4v) is 4.76. The predicted molar refractivity (Wildman–Crippen MR) is 83.3 cm³/mol. The molecular weight excluding hydrogens is 310 g/mol. The summed E-state index contributed by atoms with van der Waals surface area (Å²) < 4.78 is 27.2. The Morgan fingerprint density at radius 1 is 1.38 bits per heavy atom. The minimum absolute atomic E-state index is 0.00310. The molecule has 7 heteroatoms. The molecule has 2 N–H and O–H groups in total. The quantitative estimate of drug-likeness (QED) is 0.837. The molecule has 2 rings (SSSR count). The van der Waals surface area contributed by atoms with Crippen molar-refractivity contribution in [3.05, 3.63) is 29.8 Å². The van der Waals surface area contributed by atoms with Crippen LogP contribution >= 0.6 is 11.8 Å². The maximum absolute atomic E-state index is 12.3. The molecule has 0 radical (unpaired) electrons. The Morgan fingerprint density at radius 3 is 2.62 bits per heavy atom. The molecule has 0 atom stereocenters. The van der Waals surface area contributed by atoms with Crippen LogP contribution in [0.4, 0.5) is 0 Å². The zero-order chi connectivity index (χ0) is 15.5. The monoisotopic (exact) mass is 329 g/mol. The fraction of sp³-hybridized carbons (Fsp3) is 0.500. The molecule has 1 aromatic carbocycles. The third kappa shape index (κ3) is 3.78. The van der Waals surface area contributed by atoms with Gasteiger partial charge in [-0.15, -0.1) is 0 Å². The lowest BCUT2D eigenvalue weighted by Crippen LogP contribution is -2.38. The van der Waals surface area contributed by atoms with Crippen molar-refractivity contribution in [3.8, 4) is 0 Å². The summed E-state index contributed by atoms with van der Waals surface area (Å²) in [5, 5.41) is 8.94. The number of carbonyl (C=O) groups is 1. The second kappa shape index (κ2) is 6.37. The summed E-state index contributed by atoms with van der Waals surface area (Å²) in [6.07, 6.45) is 6.26. The van der Waals surface area contributed by atoms with E-state index in [9.17, 15) is 13.2 Å². The Labute approximate surface area is 129 Å². The predicted octanol–water partition coefficient (Wildman–Crippen LogP) is 2.34. The zero-order valence-corrected chi connectivity index (χ0v) is 13.5. The number of hydrogen-bond acceptors (Lipinski definition) is 4. The maximum Gasteiger partial charge on any atom is 0.335 e. The van der Waals surface area contributed by atoms with Crippen molar-refractivity contribution >= 4 is 27.8 Å². The van der Waals surface area contributed by atoms with Crippen molar-refractivity contribution in [2.24, 2.45) is 0 Å². The van der Waals surface area contributed by atoms with E-state index in [1.807, 2.05) is 6.26 Å². The third-order valence-electron chi connectivity index (χ3n) is 3.92. The first kappa shape index (κ1) is 16.3. The van der Waals surface area contributed by atoms with E-state index in [4.69, 9.17) is 5.11 Å². The largest absolute Gasteiger partial charge is 0.478 e. The van der Waals surface area contributed by atoms with Gasteiger partial charge >= 0.3 is 5.97 Å². The summed E-state index contributed by atoms with van der Waals surface area (Å²) in [6, 6.07) is 5.42. The van der Waals surface area contributed by atoms with Crippen LogP contribution in [0.15, 0.2) is 29.2 Å². The molecule has 0 unspecified atom stereocenters. The second-order valence-corrected chi connectivity index (χ2v) is 8.29. The molecule has 1 aromatic rings. The van der Waals surface area contributed by atoms with Crippen molar-refractivity contribution in [3.63, 3.8) is 0 Å². The highest BCUT2D eigenvalue weighted by molar-refractivity contribution is 8.00. The van der Waals surface area contributed by atoms with E-state index in [1.54, 1.807) is 11.8 Å². The topological polar surface area (TPSA) is 83.5 Å². The number of sulfonamides is 1. The number of carboxylic acids is 1. The van der Waals surface area contributed by atoms with Crippen LogP contribution in [0.1, 0.15) is 36.0 Å². The molecule has 5 nitrogen and oxygen atoms in total. The average molecular weight is 329 g/mol. The maximum atomic E-state index is 12.3. The van der Waals surface area contributed by atoms with Gasteiger partial charge in [0, 0.05) is 11.3 Å². The Morgan fingerprint density at radius 2 is 2.05 bits per heavy atom. The number of rotatable bonds is 6. The Hall–Kier alpha value is -1.05. The molecule has 21 heavy (non-hydrogen) atoms. The van der Waals surface area contributed by atoms with E-state index in [2.05, 4.69) is 4.72 Å². The lowest BCUT2D eigenvalue weighted by molar-refractivity contribution is 0.0696. The van der Waals surface area contributed by atoms with E-state index in [1.165, 1.54) is 24.3 Å². The summed E-state index contributed by atoms with van der Waals surface area (Å²) in [5.74, 6) is -1.14. The Kier molecular flexibility index (Phi) is 4.95. The number of nitrogens with one attached hydrogen (secondary N) is 1. The van der Waals surface area contributed by atoms with Gasteiger partial charge < -0.3 is 5.11 Å². The summed E-state index contributed by atoms with van der Waals surface area (Å²) in [6.45, 7) is 0.383. The van der Waals surface area contributed by atoms with Crippen LogP contribution in [-0.2, 0) is 10.0 Å². The summed E-state index contributed by atoms with van der Waals surface area (Å²) >= 11 is 1.70. The minimum Gasteiger partial charge on any atom is -0.478 e. The van der Waals surface area contributed by atoms with Gasteiger partial charge in [0.2, 0.25) is 10.0 Å². The van der Waals surface area contributed by atoms with Gasteiger partial charge in [-0.25, -0.2) is 17.9 Å². The molecule has 1 saturated carbocycles. The van der Waals surface area contributed by atoms with E-state index in [0.717, 1.165) is 25.7 Å². The van der Waals surface area contributed by atoms with Crippen molar-refractivity contribution in [2.75, 3.05) is 12.8 Å². The lowest BCUT2D eigenvalue weighted by Gasteiger charge is -2.26. The SMILES string of the molecule is CSC1(CNS(=O)(=O)c2cccc(C(=O)O)c2)CCCC1. The summed E-state index contributed by atoms with van der Waals surface area (Å²) in [4.78, 5) is 10.9. The molecule has 0 spiro atoms. The summed E-state index contributed by atoms with van der Waals surface area (Å²) in [5.41, 5.74) is -0.0293. The molecule has 1 aliphatic carbocycles. The van der Waals surface area contributed by atoms with Crippen LogP contribution in [0.3, 0.4) is 0 Å². The normalized spacial score (nSPS) is 17.8. The molecule has 116 valence electrons. The number of hydrogen-bond donors (Lipinski definition) is 2. The van der Waals surface area contributed by atoms with Crippen molar-refractivity contribution < 1.29 is 18.3 Å². The molecule has 0 amide bonds.